The molecule has 1 atom stereocenters. The minimum Gasteiger partial charge on any atom is -0.481 e. The van der Waals surface area contributed by atoms with E-state index in [9.17, 15) is 14.4 Å². The van der Waals surface area contributed by atoms with Crippen molar-refractivity contribution in [2.75, 3.05) is 11.9 Å². The Hall–Kier alpha value is -2.37. The van der Waals surface area contributed by atoms with Crippen molar-refractivity contribution in [1.29, 1.82) is 0 Å². The quantitative estimate of drug-likeness (QED) is 0.876. The maximum atomic E-state index is 12.5. The average molecular weight is 288 g/mol. The van der Waals surface area contributed by atoms with Crippen LogP contribution in [0.3, 0.4) is 0 Å². The molecular formula is C15H16N2O4. The van der Waals surface area contributed by atoms with Crippen LogP contribution in [0, 0.1) is 0 Å². The summed E-state index contributed by atoms with van der Waals surface area (Å²) in [6.45, 7) is 0.588. The van der Waals surface area contributed by atoms with Crippen LogP contribution in [0.2, 0.25) is 0 Å². The highest BCUT2D eigenvalue weighted by Gasteiger charge is 2.31. The van der Waals surface area contributed by atoms with Crippen molar-refractivity contribution in [3.05, 3.63) is 29.3 Å². The van der Waals surface area contributed by atoms with Gasteiger partial charge in [0.1, 0.15) is 0 Å². The van der Waals surface area contributed by atoms with Gasteiger partial charge in [-0.2, -0.15) is 0 Å². The highest BCUT2D eigenvalue weighted by atomic mass is 16.4. The van der Waals surface area contributed by atoms with Crippen molar-refractivity contribution < 1.29 is 19.5 Å². The SMILES string of the molecule is O=C(O)CC1CCCN1C(=O)c1ccc2c(c1)CC(=O)N2. The molecule has 0 saturated carbocycles. The van der Waals surface area contributed by atoms with Crippen LogP contribution in [0.15, 0.2) is 18.2 Å². The summed E-state index contributed by atoms with van der Waals surface area (Å²) in [6.07, 6.45) is 1.82. The Morgan fingerprint density at radius 2 is 2.19 bits per heavy atom. The number of likely N-dealkylation sites (tertiary alicyclic amines) is 1. The van der Waals surface area contributed by atoms with Crippen LogP contribution in [0.5, 0.6) is 0 Å². The number of carbonyl (C=O) groups excluding carboxylic acids is 2. The summed E-state index contributed by atoms with van der Waals surface area (Å²) in [7, 11) is 0. The molecule has 1 fully saturated rings. The Balaban J connectivity index is 1.80. The number of carbonyl (C=O) groups is 3. The van der Waals surface area contributed by atoms with E-state index in [0.29, 0.717) is 12.1 Å². The lowest BCUT2D eigenvalue weighted by molar-refractivity contribution is -0.138. The van der Waals surface area contributed by atoms with Gasteiger partial charge in [-0.1, -0.05) is 0 Å². The minimum atomic E-state index is -0.886. The molecule has 0 aromatic heterocycles. The number of nitrogens with zero attached hydrogens (tertiary/aromatic N) is 1. The third-order valence-electron chi connectivity index (χ3n) is 4.03. The summed E-state index contributed by atoms with van der Waals surface area (Å²) in [5.41, 5.74) is 2.09. The number of hydrogen-bond donors (Lipinski definition) is 2. The standard InChI is InChI=1S/C15H16N2O4/c18-13-7-10-6-9(3-4-12(10)16-13)15(21)17-5-1-2-11(17)8-14(19)20/h3-4,6,11H,1-2,5,7-8H2,(H,16,18)(H,19,20). The molecule has 0 spiro atoms. The Morgan fingerprint density at radius 1 is 1.38 bits per heavy atom. The normalized spacial score (nSPS) is 20.3. The predicted octanol–water partition coefficient (Wildman–Crippen LogP) is 1.26. The summed E-state index contributed by atoms with van der Waals surface area (Å²) >= 11 is 0. The Morgan fingerprint density at radius 3 is 2.95 bits per heavy atom. The zero-order valence-corrected chi connectivity index (χ0v) is 11.5. The maximum absolute atomic E-state index is 12.5. The molecule has 2 N–H and O–H groups in total. The topological polar surface area (TPSA) is 86.7 Å². The maximum Gasteiger partial charge on any atom is 0.305 e. The molecule has 2 amide bonds. The molecule has 3 rings (SSSR count). The molecule has 1 unspecified atom stereocenters. The van der Waals surface area contributed by atoms with Gasteiger partial charge in [0.25, 0.3) is 5.91 Å². The Kier molecular flexibility index (Phi) is 3.37. The van der Waals surface area contributed by atoms with Crippen LogP contribution in [0.25, 0.3) is 0 Å². The fourth-order valence-corrected chi connectivity index (χ4v) is 3.05. The number of benzene rings is 1. The van der Waals surface area contributed by atoms with Gasteiger partial charge in [-0.25, -0.2) is 0 Å². The molecule has 0 bridgehead atoms. The molecule has 1 aromatic carbocycles. The molecule has 1 aromatic rings. The van der Waals surface area contributed by atoms with E-state index in [2.05, 4.69) is 5.32 Å². The van der Waals surface area contributed by atoms with Gasteiger partial charge in [-0.05, 0) is 36.6 Å². The number of amides is 2. The Labute approximate surface area is 121 Å². The lowest BCUT2D eigenvalue weighted by Crippen LogP contribution is -2.36. The van der Waals surface area contributed by atoms with E-state index in [1.165, 1.54) is 0 Å². The number of carboxylic acids is 1. The second kappa shape index (κ2) is 5.20. The number of carboxylic acid groups (broad SMARTS) is 1. The van der Waals surface area contributed by atoms with Gasteiger partial charge in [0.15, 0.2) is 0 Å². The van der Waals surface area contributed by atoms with E-state index in [-0.39, 0.29) is 30.7 Å². The first-order chi connectivity index (χ1) is 10.0. The van der Waals surface area contributed by atoms with Crippen LogP contribution in [0.4, 0.5) is 5.69 Å². The van der Waals surface area contributed by atoms with Crippen LogP contribution in [-0.4, -0.2) is 40.4 Å². The summed E-state index contributed by atoms with van der Waals surface area (Å²) in [5, 5.41) is 11.6. The molecule has 21 heavy (non-hydrogen) atoms. The van der Waals surface area contributed by atoms with Crippen molar-refractivity contribution in [3.8, 4) is 0 Å². The van der Waals surface area contributed by atoms with Gasteiger partial charge in [0.2, 0.25) is 5.91 Å². The number of hydrogen-bond acceptors (Lipinski definition) is 3. The first-order valence-electron chi connectivity index (χ1n) is 7.00. The second-order valence-electron chi connectivity index (χ2n) is 5.49. The third-order valence-corrected chi connectivity index (χ3v) is 4.03. The molecule has 110 valence electrons. The largest absolute Gasteiger partial charge is 0.481 e. The predicted molar refractivity (Wildman–Crippen MR) is 75.1 cm³/mol. The second-order valence-corrected chi connectivity index (χ2v) is 5.49. The Bertz CT molecular complexity index is 626. The van der Waals surface area contributed by atoms with Crippen molar-refractivity contribution in [2.24, 2.45) is 0 Å². The fraction of sp³-hybridized carbons (Fsp3) is 0.400. The van der Waals surface area contributed by atoms with E-state index in [0.717, 1.165) is 24.1 Å². The zero-order chi connectivity index (χ0) is 15.0. The van der Waals surface area contributed by atoms with Crippen LogP contribution >= 0.6 is 0 Å². The first-order valence-corrected chi connectivity index (χ1v) is 7.00. The lowest BCUT2D eigenvalue weighted by atomic mass is 10.1. The van der Waals surface area contributed by atoms with Gasteiger partial charge in [-0.15, -0.1) is 0 Å². The summed E-state index contributed by atoms with van der Waals surface area (Å²) < 4.78 is 0. The van der Waals surface area contributed by atoms with E-state index in [4.69, 9.17) is 5.11 Å². The van der Waals surface area contributed by atoms with Gasteiger partial charge in [-0.3, -0.25) is 14.4 Å². The van der Waals surface area contributed by atoms with Gasteiger partial charge in [0.05, 0.1) is 12.8 Å². The van der Waals surface area contributed by atoms with E-state index < -0.39 is 5.97 Å². The highest BCUT2D eigenvalue weighted by molar-refractivity contribution is 6.01. The third kappa shape index (κ3) is 2.61. The fourth-order valence-electron chi connectivity index (χ4n) is 3.05. The number of nitrogens with one attached hydrogen (secondary N) is 1. The molecule has 0 radical (unpaired) electrons. The van der Waals surface area contributed by atoms with Gasteiger partial charge < -0.3 is 15.3 Å². The van der Waals surface area contributed by atoms with Gasteiger partial charge >= 0.3 is 5.97 Å². The smallest absolute Gasteiger partial charge is 0.305 e. The summed E-state index contributed by atoms with van der Waals surface area (Å²) in [5.74, 6) is -1.11. The molecule has 2 heterocycles. The van der Waals surface area contributed by atoms with Crippen LogP contribution in [-0.2, 0) is 16.0 Å². The molecule has 2 aliphatic heterocycles. The zero-order valence-electron chi connectivity index (χ0n) is 11.5. The van der Waals surface area contributed by atoms with Crippen molar-refractivity contribution in [1.82, 2.24) is 4.90 Å². The number of aliphatic carboxylic acids is 1. The molecule has 6 nitrogen and oxygen atoms in total. The molecule has 0 aliphatic carbocycles. The average Bonchev–Trinajstić information content (AvgIpc) is 3.01. The minimum absolute atomic E-state index is 0.0171. The monoisotopic (exact) mass is 288 g/mol. The van der Waals surface area contributed by atoms with E-state index >= 15 is 0 Å². The lowest BCUT2D eigenvalue weighted by Gasteiger charge is -2.23. The number of anilines is 1. The molecular weight excluding hydrogens is 272 g/mol. The van der Waals surface area contributed by atoms with Crippen molar-refractivity contribution in [2.45, 2.75) is 31.7 Å². The molecule has 2 aliphatic rings. The molecule has 6 heteroatoms. The highest BCUT2D eigenvalue weighted by Crippen LogP contribution is 2.27. The van der Waals surface area contributed by atoms with Crippen LogP contribution < -0.4 is 5.32 Å². The number of fused-ring (bicyclic) bond motifs is 1. The first kappa shape index (κ1) is 13.6. The van der Waals surface area contributed by atoms with E-state index in [1.54, 1.807) is 23.1 Å². The van der Waals surface area contributed by atoms with Crippen molar-refractivity contribution in [3.63, 3.8) is 0 Å². The summed E-state index contributed by atoms with van der Waals surface area (Å²) in [4.78, 5) is 36.4. The van der Waals surface area contributed by atoms with E-state index in [1.807, 2.05) is 0 Å². The van der Waals surface area contributed by atoms with Gasteiger partial charge in [0, 0.05) is 23.8 Å². The number of rotatable bonds is 3. The summed E-state index contributed by atoms with van der Waals surface area (Å²) in [6, 6.07) is 4.91. The molecule has 1 saturated heterocycles. The van der Waals surface area contributed by atoms with Crippen molar-refractivity contribution >= 4 is 23.5 Å². The van der Waals surface area contributed by atoms with Crippen LogP contribution in [0.1, 0.15) is 35.2 Å².